The van der Waals surface area contributed by atoms with Crippen LogP contribution >= 0.6 is 0 Å². The fraction of sp³-hybridized carbons (Fsp3) is 0.538. The third-order valence-electron chi connectivity index (χ3n) is 1.83. The lowest BCUT2D eigenvalue weighted by Gasteiger charge is -2.29. The van der Waals surface area contributed by atoms with Crippen molar-refractivity contribution < 1.29 is 19.1 Å². The van der Waals surface area contributed by atoms with Crippen LogP contribution in [0.3, 0.4) is 0 Å². The van der Waals surface area contributed by atoms with E-state index in [0.29, 0.717) is 0 Å². The van der Waals surface area contributed by atoms with E-state index in [0.717, 1.165) is 0 Å². The first kappa shape index (κ1) is 15.4. The van der Waals surface area contributed by atoms with Gasteiger partial charge in [-0.15, -0.1) is 0 Å². The van der Waals surface area contributed by atoms with Gasteiger partial charge in [-0.1, -0.05) is 33.9 Å². The van der Waals surface area contributed by atoms with E-state index in [9.17, 15) is 9.59 Å². The zero-order valence-corrected chi connectivity index (χ0v) is 11.1. The van der Waals surface area contributed by atoms with E-state index in [1.54, 1.807) is 20.8 Å². The molecule has 0 rings (SSSR count). The van der Waals surface area contributed by atoms with Crippen molar-refractivity contribution in [2.45, 2.75) is 40.9 Å². The monoisotopic (exact) mass is 240 g/mol. The Morgan fingerprint density at radius 2 is 1.24 bits per heavy atom. The Balaban J connectivity index is 4.80. The van der Waals surface area contributed by atoms with Gasteiger partial charge in [-0.05, 0) is 13.8 Å². The number of hydrogen-bond acceptors (Lipinski definition) is 4. The van der Waals surface area contributed by atoms with Gasteiger partial charge in [-0.2, -0.15) is 0 Å². The third kappa shape index (κ3) is 5.33. The summed E-state index contributed by atoms with van der Waals surface area (Å²) in [4.78, 5) is 22.8. The Bertz CT molecular complexity index is 319. The summed E-state index contributed by atoms with van der Waals surface area (Å²) in [7, 11) is 0. The molecule has 0 aromatic carbocycles. The Kier molecular flexibility index (Phi) is 5.13. The van der Waals surface area contributed by atoms with E-state index < -0.39 is 23.6 Å². The molecule has 4 heteroatoms. The summed E-state index contributed by atoms with van der Waals surface area (Å²) < 4.78 is 10.1. The minimum Gasteiger partial charge on any atom is -0.421 e. The summed E-state index contributed by atoms with van der Waals surface area (Å²) in [5, 5.41) is 0. The van der Waals surface area contributed by atoms with Gasteiger partial charge in [0, 0.05) is 16.6 Å². The van der Waals surface area contributed by atoms with Gasteiger partial charge < -0.3 is 9.47 Å². The van der Waals surface area contributed by atoms with Crippen LogP contribution in [0.5, 0.6) is 0 Å². The van der Waals surface area contributed by atoms with Crippen molar-refractivity contribution in [1.29, 1.82) is 0 Å². The lowest BCUT2D eigenvalue weighted by molar-refractivity contribution is -0.201. The van der Waals surface area contributed by atoms with Crippen molar-refractivity contribution in [2.24, 2.45) is 5.41 Å². The molecule has 0 aromatic rings. The first-order valence-corrected chi connectivity index (χ1v) is 5.28. The molecule has 0 saturated carbocycles. The standard InChI is InChI=1S/C13H20O4/c1-8(2)10(14)16-12(13(5,6)7)17-11(15)9(3)4/h12H,1,3H2,2,4-7H3. The molecule has 0 heterocycles. The van der Waals surface area contributed by atoms with E-state index in [1.807, 2.05) is 0 Å². The molecule has 0 bridgehead atoms. The Hall–Kier alpha value is -1.58. The molecule has 0 spiro atoms. The van der Waals surface area contributed by atoms with Crippen LogP contribution in [0.1, 0.15) is 34.6 Å². The van der Waals surface area contributed by atoms with E-state index >= 15 is 0 Å². The molecule has 0 aliphatic carbocycles. The Morgan fingerprint density at radius 3 is 1.41 bits per heavy atom. The Labute approximate surface area is 102 Å². The topological polar surface area (TPSA) is 52.6 Å². The zero-order valence-electron chi connectivity index (χ0n) is 11.1. The molecule has 96 valence electrons. The highest BCUT2D eigenvalue weighted by molar-refractivity contribution is 5.88. The van der Waals surface area contributed by atoms with Crippen molar-refractivity contribution in [1.82, 2.24) is 0 Å². The number of esters is 2. The fourth-order valence-corrected chi connectivity index (χ4v) is 0.773. The molecule has 0 amide bonds. The van der Waals surface area contributed by atoms with Crippen LogP contribution in [0.15, 0.2) is 24.3 Å². The van der Waals surface area contributed by atoms with Gasteiger partial charge in [0.25, 0.3) is 6.29 Å². The minimum absolute atomic E-state index is 0.255. The minimum atomic E-state index is -0.962. The highest BCUT2D eigenvalue weighted by atomic mass is 16.7. The van der Waals surface area contributed by atoms with E-state index in [4.69, 9.17) is 9.47 Å². The number of carbonyl (C=O) groups excluding carboxylic acids is 2. The van der Waals surface area contributed by atoms with Gasteiger partial charge >= 0.3 is 11.9 Å². The maximum atomic E-state index is 11.4. The van der Waals surface area contributed by atoms with Crippen molar-refractivity contribution in [2.75, 3.05) is 0 Å². The smallest absolute Gasteiger partial charge is 0.336 e. The lowest BCUT2D eigenvalue weighted by atomic mass is 9.96. The molecule has 0 fully saturated rings. The van der Waals surface area contributed by atoms with E-state index in [2.05, 4.69) is 13.2 Å². The molecule has 0 aromatic heterocycles. The molecule has 4 nitrogen and oxygen atoms in total. The van der Waals surface area contributed by atoms with Gasteiger partial charge in [0.2, 0.25) is 0 Å². The summed E-state index contributed by atoms with van der Waals surface area (Å²) >= 11 is 0. The largest absolute Gasteiger partial charge is 0.421 e. The molecule has 0 radical (unpaired) electrons. The normalized spacial score (nSPS) is 10.9. The van der Waals surface area contributed by atoms with Crippen LogP contribution in [-0.2, 0) is 19.1 Å². The maximum Gasteiger partial charge on any atom is 0.336 e. The molecule has 0 aliphatic rings. The lowest BCUT2D eigenvalue weighted by Crippen LogP contribution is -2.36. The average Bonchev–Trinajstić information content (AvgIpc) is 2.14. The van der Waals surface area contributed by atoms with Gasteiger partial charge in [0.15, 0.2) is 0 Å². The maximum absolute atomic E-state index is 11.4. The summed E-state index contributed by atoms with van der Waals surface area (Å²) in [5.41, 5.74) is -0.00722. The fourth-order valence-electron chi connectivity index (χ4n) is 0.773. The van der Waals surface area contributed by atoms with Crippen molar-refractivity contribution in [3.8, 4) is 0 Å². The molecule has 0 atom stereocenters. The predicted octanol–water partition coefficient (Wildman–Crippen LogP) is 2.60. The molecule has 0 unspecified atom stereocenters. The predicted molar refractivity (Wildman–Crippen MR) is 65.1 cm³/mol. The summed E-state index contributed by atoms with van der Waals surface area (Å²) in [6.45, 7) is 15.4. The highest BCUT2D eigenvalue weighted by Gasteiger charge is 2.32. The van der Waals surface area contributed by atoms with Crippen LogP contribution in [0.25, 0.3) is 0 Å². The van der Waals surface area contributed by atoms with Crippen molar-refractivity contribution >= 4 is 11.9 Å². The molecular weight excluding hydrogens is 220 g/mol. The van der Waals surface area contributed by atoms with Crippen LogP contribution in [0.4, 0.5) is 0 Å². The summed E-state index contributed by atoms with van der Waals surface area (Å²) in [5.74, 6) is -1.17. The zero-order chi connectivity index (χ0) is 13.8. The first-order valence-electron chi connectivity index (χ1n) is 5.28. The van der Waals surface area contributed by atoms with Crippen LogP contribution in [-0.4, -0.2) is 18.2 Å². The van der Waals surface area contributed by atoms with Gasteiger partial charge in [-0.25, -0.2) is 9.59 Å². The van der Waals surface area contributed by atoms with Crippen LogP contribution in [0.2, 0.25) is 0 Å². The SMILES string of the molecule is C=C(C)C(=O)OC(OC(=O)C(=C)C)C(C)(C)C. The number of rotatable bonds is 4. The van der Waals surface area contributed by atoms with Crippen LogP contribution in [0, 0.1) is 5.41 Å². The molecule has 0 N–H and O–H groups in total. The number of carbonyl (C=O) groups is 2. The van der Waals surface area contributed by atoms with E-state index in [-0.39, 0.29) is 11.1 Å². The molecule has 0 saturated heterocycles. The van der Waals surface area contributed by atoms with Crippen molar-refractivity contribution in [3.05, 3.63) is 24.3 Å². The quantitative estimate of drug-likeness (QED) is 0.430. The van der Waals surface area contributed by atoms with Crippen LogP contribution < -0.4 is 0 Å². The second-order valence-electron chi connectivity index (χ2n) is 5.07. The Morgan fingerprint density at radius 1 is 0.941 bits per heavy atom. The first-order chi connectivity index (χ1) is 7.55. The molecule has 0 aliphatic heterocycles. The second-order valence-corrected chi connectivity index (χ2v) is 5.07. The average molecular weight is 240 g/mol. The second kappa shape index (κ2) is 5.66. The van der Waals surface area contributed by atoms with E-state index in [1.165, 1.54) is 13.8 Å². The highest BCUT2D eigenvalue weighted by Crippen LogP contribution is 2.24. The number of ether oxygens (including phenoxy) is 2. The van der Waals surface area contributed by atoms with Gasteiger partial charge in [0.05, 0.1) is 0 Å². The van der Waals surface area contributed by atoms with Crippen molar-refractivity contribution in [3.63, 3.8) is 0 Å². The van der Waals surface area contributed by atoms with Gasteiger partial charge in [0.1, 0.15) is 0 Å². The summed E-state index contributed by atoms with van der Waals surface area (Å²) in [6.07, 6.45) is -0.962. The number of hydrogen-bond donors (Lipinski definition) is 0. The van der Waals surface area contributed by atoms with Gasteiger partial charge in [-0.3, -0.25) is 0 Å². The third-order valence-corrected chi connectivity index (χ3v) is 1.83. The summed E-state index contributed by atoms with van der Waals surface area (Å²) in [6, 6.07) is 0. The molecular formula is C13H20O4. The molecule has 17 heavy (non-hydrogen) atoms.